The number of nitrogens with one attached hydrogen (secondary N) is 3. The highest BCUT2D eigenvalue weighted by atomic mass is 35.5. The number of hydrogen-bond acceptors (Lipinski definition) is 6. The van der Waals surface area contributed by atoms with Crippen molar-refractivity contribution >= 4 is 29.3 Å². The number of halogens is 3. The highest BCUT2D eigenvalue weighted by molar-refractivity contribution is 7.98. The van der Waals surface area contributed by atoms with Gasteiger partial charge in [0.1, 0.15) is 0 Å². The molecular formula is C29H36ClF2N3O4S. The maximum Gasteiger partial charge on any atom is 0.254 e. The summed E-state index contributed by atoms with van der Waals surface area (Å²) in [4.78, 5) is 29.3. The summed E-state index contributed by atoms with van der Waals surface area (Å²) in [6, 6.07) is 3.39. The second-order valence-electron chi connectivity index (χ2n) is 11.5. The summed E-state index contributed by atoms with van der Waals surface area (Å²) >= 11 is 8.05. The largest absolute Gasteiger partial charge is 0.448 e. The van der Waals surface area contributed by atoms with Crippen LogP contribution in [0.1, 0.15) is 72.6 Å². The normalized spacial score (nSPS) is 25.5. The quantitative estimate of drug-likeness (QED) is 0.325. The number of benzene rings is 1. The fourth-order valence-corrected chi connectivity index (χ4v) is 7.02. The Morgan fingerprint density at radius 2 is 1.82 bits per heavy atom. The number of H-pyrrole nitrogens is 1. The van der Waals surface area contributed by atoms with E-state index in [9.17, 15) is 18.4 Å². The number of hydrogen-bond donors (Lipinski definition) is 3. The number of carbonyl (C=O) groups excluding carboxylic acids is 1. The molecule has 0 saturated heterocycles. The molecule has 3 aliphatic rings. The molecule has 2 heterocycles. The Labute approximate surface area is 242 Å². The van der Waals surface area contributed by atoms with E-state index in [1.165, 1.54) is 11.8 Å². The molecule has 218 valence electrons. The zero-order valence-electron chi connectivity index (χ0n) is 23.2. The molecule has 0 spiro atoms. The number of aromatic amines is 1. The molecule has 5 rings (SSSR count). The van der Waals surface area contributed by atoms with Crippen LogP contribution in [0.4, 0.5) is 8.78 Å². The minimum Gasteiger partial charge on any atom is -0.448 e. The predicted molar refractivity (Wildman–Crippen MR) is 152 cm³/mol. The number of carbonyl (C=O) groups is 1. The van der Waals surface area contributed by atoms with Crippen LogP contribution in [0.5, 0.6) is 11.5 Å². The third kappa shape index (κ3) is 5.85. The van der Waals surface area contributed by atoms with Gasteiger partial charge in [-0.1, -0.05) is 11.6 Å². The van der Waals surface area contributed by atoms with Gasteiger partial charge in [0, 0.05) is 65.5 Å². The SMILES string of the molecule is CSc1cc(C)[nH]c(=O)c1CNC(=O)c1cc(Cl)c2c(c1C)O[C@@](C)([C@H]1CC[C@@H](CNC3CC(F)(F)C3)CC1)O2. The number of alkyl halides is 2. The lowest BCUT2D eigenvalue weighted by Crippen LogP contribution is -2.50. The van der Waals surface area contributed by atoms with Crippen molar-refractivity contribution in [3.8, 4) is 11.5 Å². The standard InChI is InChI=1S/C29H36ClF2N3O4S/c1-15-9-23(40-4)21(27(37)35-15)14-34-26(36)20-10-22(30)25-24(16(20)2)38-28(3,39-25)18-7-5-17(6-8-18)13-33-19-11-29(31,32)12-19/h9-10,17-19,33H,5-8,11-14H2,1-4H3,(H,34,36)(H,35,37)/t17-,18+,28-/m1/s1. The van der Waals surface area contributed by atoms with Crippen molar-refractivity contribution in [2.24, 2.45) is 11.8 Å². The van der Waals surface area contributed by atoms with E-state index in [1.807, 2.05) is 26.2 Å². The molecule has 0 bridgehead atoms. The second-order valence-corrected chi connectivity index (χ2v) is 12.8. The van der Waals surface area contributed by atoms with Gasteiger partial charge in [-0.3, -0.25) is 9.59 Å². The molecule has 2 aliphatic carbocycles. The van der Waals surface area contributed by atoms with E-state index in [0.717, 1.165) is 42.8 Å². The molecule has 1 aliphatic heterocycles. The van der Waals surface area contributed by atoms with Crippen molar-refractivity contribution in [2.45, 2.75) is 88.5 Å². The van der Waals surface area contributed by atoms with E-state index in [2.05, 4.69) is 15.6 Å². The summed E-state index contributed by atoms with van der Waals surface area (Å²) in [6.07, 6.45) is 5.43. The number of rotatable bonds is 8. The zero-order chi connectivity index (χ0) is 28.8. The topological polar surface area (TPSA) is 92.5 Å². The molecule has 7 nitrogen and oxygen atoms in total. The first kappa shape index (κ1) is 29.2. The van der Waals surface area contributed by atoms with Crippen LogP contribution in [0.2, 0.25) is 5.02 Å². The van der Waals surface area contributed by atoms with Gasteiger partial charge in [0.25, 0.3) is 23.2 Å². The lowest BCUT2D eigenvalue weighted by atomic mass is 9.78. The highest BCUT2D eigenvalue weighted by Gasteiger charge is 2.48. The number of pyridine rings is 1. The van der Waals surface area contributed by atoms with Crippen LogP contribution in [0.3, 0.4) is 0 Å². The van der Waals surface area contributed by atoms with E-state index in [1.54, 1.807) is 13.0 Å². The number of fused-ring (bicyclic) bond motifs is 1. The lowest BCUT2D eigenvalue weighted by molar-refractivity contribution is -0.123. The van der Waals surface area contributed by atoms with Gasteiger partial charge in [-0.25, -0.2) is 8.78 Å². The minimum absolute atomic E-state index is 0.0659. The number of aryl methyl sites for hydroxylation is 1. The maximum absolute atomic E-state index is 13.2. The Hall–Kier alpha value is -2.30. The van der Waals surface area contributed by atoms with Crippen LogP contribution in [-0.2, 0) is 6.54 Å². The van der Waals surface area contributed by atoms with Gasteiger partial charge >= 0.3 is 0 Å². The van der Waals surface area contributed by atoms with Crippen LogP contribution in [0, 0.1) is 25.7 Å². The third-order valence-corrected chi connectivity index (χ3v) is 9.63. The van der Waals surface area contributed by atoms with Crippen LogP contribution in [0.25, 0.3) is 0 Å². The third-order valence-electron chi connectivity index (χ3n) is 8.54. The second kappa shape index (κ2) is 11.2. The Balaban J connectivity index is 1.22. The van der Waals surface area contributed by atoms with Gasteiger partial charge in [-0.2, -0.15) is 0 Å². The molecule has 0 radical (unpaired) electrons. The number of thioether (sulfide) groups is 1. The van der Waals surface area contributed by atoms with Crippen molar-refractivity contribution in [3.05, 3.63) is 49.9 Å². The molecule has 1 aromatic carbocycles. The Morgan fingerprint density at radius 3 is 2.48 bits per heavy atom. The van der Waals surface area contributed by atoms with E-state index in [-0.39, 0.29) is 42.8 Å². The van der Waals surface area contributed by atoms with Crippen molar-refractivity contribution in [1.29, 1.82) is 0 Å². The molecule has 0 unspecified atom stereocenters. The molecule has 2 saturated carbocycles. The van der Waals surface area contributed by atoms with Gasteiger partial charge in [-0.15, -0.1) is 11.8 Å². The van der Waals surface area contributed by atoms with E-state index < -0.39 is 11.7 Å². The Bertz CT molecular complexity index is 1350. The van der Waals surface area contributed by atoms with Crippen LogP contribution in [-0.4, -0.2) is 41.4 Å². The fourth-order valence-electron chi connectivity index (χ4n) is 6.08. The van der Waals surface area contributed by atoms with Gasteiger partial charge < -0.3 is 25.1 Å². The molecule has 2 fully saturated rings. The molecular weight excluding hydrogens is 560 g/mol. The predicted octanol–water partition coefficient (Wildman–Crippen LogP) is 5.98. The van der Waals surface area contributed by atoms with Crippen molar-refractivity contribution in [1.82, 2.24) is 15.6 Å². The first-order chi connectivity index (χ1) is 18.9. The molecule has 1 atom stereocenters. The molecule has 1 aromatic heterocycles. The van der Waals surface area contributed by atoms with Crippen LogP contribution < -0.4 is 25.7 Å². The Morgan fingerprint density at radius 1 is 1.15 bits per heavy atom. The summed E-state index contributed by atoms with van der Waals surface area (Å²) in [5.74, 6) is -2.32. The lowest BCUT2D eigenvalue weighted by Gasteiger charge is -2.39. The summed E-state index contributed by atoms with van der Waals surface area (Å²) in [7, 11) is 0. The summed E-state index contributed by atoms with van der Waals surface area (Å²) in [5.41, 5.74) is 2.02. The fraction of sp³-hybridized carbons (Fsp3) is 0.586. The highest BCUT2D eigenvalue weighted by Crippen LogP contribution is 2.52. The van der Waals surface area contributed by atoms with E-state index in [0.29, 0.717) is 39.1 Å². The van der Waals surface area contributed by atoms with Crippen molar-refractivity contribution in [2.75, 3.05) is 12.8 Å². The minimum atomic E-state index is -2.51. The smallest absolute Gasteiger partial charge is 0.254 e. The van der Waals surface area contributed by atoms with Crippen LogP contribution >= 0.6 is 23.4 Å². The van der Waals surface area contributed by atoms with E-state index in [4.69, 9.17) is 21.1 Å². The molecule has 40 heavy (non-hydrogen) atoms. The van der Waals surface area contributed by atoms with Gasteiger partial charge in [0.15, 0.2) is 11.5 Å². The number of amides is 1. The monoisotopic (exact) mass is 595 g/mol. The summed E-state index contributed by atoms with van der Waals surface area (Å²) in [5, 5.41) is 6.45. The molecule has 1 amide bonds. The first-order valence-corrected chi connectivity index (χ1v) is 15.4. The maximum atomic E-state index is 13.2. The molecule has 11 heteroatoms. The number of ether oxygens (including phenoxy) is 2. The van der Waals surface area contributed by atoms with Crippen LogP contribution in [0.15, 0.2) is 21.8 Å². The van der Waals surface area contributed by atoms with Gasteiger partial charge in [0.2, 0.25) is 0 Å². The van der Waals surface area contributed by atoms with Crippen molar-refractivity contribution < 1.29 is 23.0 Å². The molecule has 2 aromatic rings. The van der Waals surface area contributed by atoms with Gasteiger partial charge in [-0.05, 0) is 70.4 Å². The number of aromatic nitrogens is 1. The van der Waals surface area contributed by atoms with E-state index >= 15 is 0 Å². The average molecular weight is 596 g/mol. The first-order valence-electron chi connectivity index (χ1n) is 13.8. The van der Waals surface area contributed by atoms with Gasteiger partial charge in [0.05, 0.1) is 5.02 Å². The summed E-state index contributed by atoms with van der Waals surface area (Å²) in [6.45, 7) is 6.37. The molecule has 3 N–H and O–H groups in total. The zero-order valence-corrected chi connectivity index (χ0v) is 24.8. The average Bonchev–Trinajstić information content (AvgIpc) is 3.27. The Kier molecular flexibility index (Phi) is 8.16. The van der Waals surface area contributed by atoms with Crippen molar-refractivity contribution in [3.63, 3.8) is 0 Å². The summed E-state index contributed by atoms with van der Waals surface area (Å²) < 4.78 is 38.9.